The van der Waals surface area contributed by atoms with E-state index in [1.807, 2.05) is 7.05 Å². The molecule has 0 N–H and O–H groups in total. The highest BCUT2D eigenvalue weighted by Gasteiger charge is 2.31. The maximum absolute atomic E-state index is 12.2. The first-order chi connectivity index (χ1) is 10.0. The number of nitrogens with zero attached hydrogens (tertiary/aromatic N) is 4. The second kappa shape index (κ2) is 4.88. The number of aromatic nitrogens is 2. The number of anilines is 1. The number of nitriles is 1. The molecule has 0 aromatic carbocycles. The Morgan fingerprint density at radius 1 is 1.48 bits per heavy atom. The van der Waals surface area contributed by atoms with E-state index in [2.05, 4.69) is 22.9 Å². The van der Waals surface area contributed by atoms with Gasteiger partial charge in [0.15, 0.2) is 0 Å². The Kier molecular flexibility index (Phi) is 3.17. The highest BCUT2D eigenvalue weighted by atomic mass is 16.1. The fourth-order valence-electron chi connectivity index (χ4n) is 2.76. The number of fused-ring (bicyclic) bond motifs is 1. The van der Waals surface area contributed by atoms with Gasteiger partial charge in [0.2, 0.25) is 0 Å². The Bertz CT molecular complexity index is 798. The molecule has 21 heavy (non-hydrogen) atoms. The van der Waals surface area contributed by atoms with Crippen molar-refractivity contribution >= 4 is 16.7 Å². The van der Waals surface area contributed by atoms with E-state index in [1.165, 1.54) is 12.8 Å². The standard InChI is InChI=1S/C16H18N4O/c1-10(11-4-5-11)19(2)14-8-15(21)20(3)13-7-6-12(9-17)18-16(13)14/h6-8,10-11H,4-5H2,1-3H3. The highest BCUT2D eigenvalue weighted by molar-refractivity contribution is 5.88. The van der Waals surface area contributed by atoms with E-state index < -0.39 is 0 Å². The molecule has 1 saturated carbocycles. The van der Waals surface area contributed by atoms with Gasteiger partial charge in [-0.25, -0.2) is 4.98 Å². The predicted molar refractivity (Wildman–Crippen MR) is 82.3 cm³/mol. The zero-order valence-electron chi connectivity index (χ0n) is 12.5. The number of aryl methyl sites for hydroxylation is 1. The summed E-state index contributed by atoms with van der Waals surface area (Å²) >= 11 is 0. The van der Waals surface area contributed by atoms with Crippen LogP contribution in [0.5, 0.6) is 0 Å². The molecule has 1 unspecified atom stereocenters. The Labute approximate surface area is 123 Å². The van der Waals surface area contributed by atoms with Gasteiger partial charge in [-0.2, -0.15) is 5.26 Å². The van der Waals surface area contributed by atoms with Gasteiger partial charge in [-0.15, -0.1) is 0 Å². The minimum atomic E-state index is -0.0566. The van der Waals surface area contributed by atoms with Gasteiger partial charge in [0.25, 0.3) is 5.56 Å². The van der Waals surface area contributed by atoms with Crippen LogP contribution in [0.1, 0.15) is 25.5 Å². The molecule has 0 spiro atoms. The summed E-state index contributed by atoms with van der Waals surface area (Å²) < 4.78 is 1.57. The highest BCUT2D eigenvalue weighted by Crippen LogP contribution is 2.37. The smallest absolute Gasteiger partial charge is 0.252 e. The Morgan fingerprint density at radius 2 is 2.19 bits per heavy atom. The van der Waals surface area contributed by atoms with Crippen LogP contribution in [-0.4, -0.2) is 22.6 Å². The molecule has 0 saturated heterocycles. The third kappa shape index (κ3) is 2.27. The zero-order chi connectivity index (χ0) is 15.1. The van der Waals surface area contributed by atoms with Crippen molar-refractivity contribution in [2.75, 3.05) is 11.9 Å². The minimum absolute atomic E-state index is 0.0566. The monoisotopic (exact) mass is 282 g/mol. The van der Waals surface area contributed by atoms with Crippen molar-refractivity contribution in [2.45, 2.75) is 25.8 Å². The lowest BCUT2D eigenvalue weighted by Crippen LogP contribution is -2.32. The predicted octanol–water partition coefficient (Wildman–Crippen LogP) is 2.04. The van der Waals surface area contributed by atoms with Gasteiger partial charge in [0.1, 0.15) is 17.3 Å². The van der Waals surface area contributed by atoms with Crippen molar-refractivity contribution in [3.05, 3.63) is 34.2 Å². The number of pyridine rings is 2. The summed E-state index contributed by atoms with van der Waals surface area (Å²) in [7, 11) is 3.73. The lowest BCUT2D eigenvalue weighted by Gasteiger charge is -2.28. The van der Waals surface area contributed by atoms with E-state index in [9.17, 15) is 4.79 Å². The summed E-state index contributed by atoms with van der Waals surface area (Å²) in [5, 5.41) is 9.06. The molecule has 2 aromatic heterocycles. The first-order valence-corrected chi connectivity index (χ1v) is 7.16. The van der Waals surface area contributed by atoms with Gasteiger partial charge < -0.3 is 9.47 Å². The number of hydrogen-bond donors (Lipinski definition) is 0. The molecule has 5 heteroatoms. The van der Waals surface area contributed by atoms with E-state index >= 15 is 0 Å². The van der Waals surface area contributed by atoms with Gasteiger partial charge in [0.05, 0.1) is 11.2 Å². The van der Waals surface area contributed by atoms with Crippen molar-refractivity contribution in [3.8, 4) is 6.07 Å². The molecule has 0 aliphatic heterocycles. The third-order valence-electron chi connectivity index (χ3n) is 4.48. The maximum Gasteiger partial charge on any atom is 0.252 e. The summed E-state index contributed by atoms with van der Waals surface area (Å²) in [6.07, 6.45) is 2.48. The fraction of sp³-hybridized carbons (Fsp3) is 0.438. The van der Waals surface area contributed by atoms with Crippen molar-refractivity contribution in [1.82, 2.24) is 9.55 Å². The van der Waals surface area contributed by atoms with Gasteiger partial charge in [0, 0.05) is 26.2 Å². The molecular formula is C16H18N4O. The largest absolute Gasteiger partial charge is 0.370 e. The first-order valence-electron chi connectivity index (χ1n) is 7.16. The number of rotatable bonds is 3. The molecule has 1 fully saturated rings. The molecule has 2 heterocycles. The van der Waals surface area contributed by atoms with E-state index in [0.29, 0.717) is 23.2 Å². The van der Waals surface area contributed by atoms with Gasteiger partial charge >= 0.3 is 0 Å². The summed E-state index contributed by atoms with van der Waals surface area (Å²) in [5.41, 5.74) is 2.59. The topological polar surface area (TPSA) is 61.9 Å². The van der Waals surface area contributed by atoms with Crippen molar-refractivity contribution < 1.29 is 0 Å². The van der Waals surface area contributed by atoms with Crippen LogP contribution in [0, 0.1) is 17.2 Å². The summed E-state index contributed by atoms with van der Waals surface area (Å²) in [6.45, 7) is 2.18. The van der Waals surface area contributed by atoms with Crippen molar-refractivity contribution in [2.24, 2.45) is 13.0 Å². The summed E-state index contributed by atoms with van der Waals surface area (Å²) in [6, 6.07) is 7.50. The Balaban J connectivity index is 2.22. The summed E-state index contributed by atoms with van der Waals surface area (Å²) in [4.78, 5) is 18.7. The minimum Gasteiger partial charge on any atom is -0.370 e. The lowest BCUT2D eigenvalue weighted by molar-refractivity contribution is 0.609. The van der Waals surface area contributed by atoms with Crippen LogP contribution < -0.4 is 10.5 Å². The fourth-order valence-corrected chi connectivity index (χ4v) is 2.76. The van der Waals surface area contributed by atoms with Crippen LogP contribution in [0.25, 0.3) is 11.0 Å². The summed E-state index contributed by atoms with van der Waals surface area (Å²) in [5.74, 6) is 0.688. The average molecular weight is 282 g/mol. The van der Waals surface area contributed by atoms with E-state index in [1.54, 1.807) is 29.8 Å². The SMILES string of the molecule is CC(C1CC1)N(C)c1cc(=O)n(C)c2ccc(C#N)nc12. The van der Waals surface area contributed by atoms with Crippen LogP contribution in [-0.2, 0) is 7.05 Å². The molecule has 3 rings (SSSR count). The molecule has 1 atom stereocenters. The van der Waals surface area contributed by atoms with Gasteiger partial charge in [-0.05, 0) is 37.8 Å². The van der Waals surface area contributed by atoms with Gasteiger partial charge in [-0.1, -0.05) is 0 Å². The lowest BCUT2D eigenvalue weighted by atomic mass is 10.1. The quantitative estimate of drug-likeness (QED) is 0.864. The van der Waals surface area contributed by atoms with E-state index in [4.69, 9.17) is 5.26 Å². The first kappa shape index (κ1) is 13.6. The molecule has 0 radical (unpaired) electrons. The van der Waals surface area contributed by atoms with Crippen molar-refractivity contribution in [3.63, 3.8) is 0 Å². The number of hydrogen-bond acceptors (Lipinski definition) is 4. The average Bonchev–Trinajstić information content (AvgIpc) is 3.33. The van der Waals surface area contributed by atoms with E-state index in [0.717, 1.165) is 11.2 Å². The molecule has 108 valence electrons. The zero-order valence-corrected chi connectivity index (χ0v) is 12.5. The molecular weight excluding hydrogens is 264 g/mol. The van der Waals surface area contributed by atoms with Crippen LogP contribution in [0.2, 0.25) is 0 Å². The molecule has 5 nitrogen and oxygen atoms in total. The van der Waals surface area contributed by atoms with Crippen LogP contribution in [0.4, 0.5) is 5.69 Å². The van der Waals surface area contributed by atoms with Gasteiger partial charge in [-0.3, -0.25) is 4.79 Å². The van der Waals surface area contributed by atoms with Crippen molar-refractivity contribution in [1.29, 1.82) is 5.26 Å². The normalized spacial score (nSPS) is 15.7. The maximum atomic E-state index is 12.2. The molecule has 1 aliphatic carbocycles. The second-order valence-electron chi connectivity index (χ2n) is 5.79. The molecule has 1 aliphatic rings. The van der Waals surface area contributed by atoms with Crippen LogP contribution >= 0.6 is 0 Å². The third-order valence-corrected chi connectivity index (χ3v) is 4.48. The Hall–Kier alpha value is -2.35. The second-order valence-corrected chi connectivity index (χ2v) is 5.79. The van der Waals surface area contributed by atoms with E-state index in [-0.39, 0.29) is 5.56 Å². The molecule has 0 bridgehead atoms. The van der Waals surface area contributed by atoms with Crippen LogP contribution in [0.15, 0.2) is 23.0 Å². The van der Waals surface area contributed by atoms with Crippen LogP contribution in [0.3, 0.4) is 0 Å². The molecule has 2 aromatic rings. The Morgan fingerprint density at radius 3 is 2.81 bits per heavy atom. The molecule has 0 amide bonds.